The van der Waals surface area contributed by atoms with Crippen LogP contribution in [0.2, 0.25) is 0 Å². The molecule has 0 atom stereocenters. The van der Waals surface area contributed by atoms with Gasteiger partial charge in [0.2, 0.25) is 5.91 Å². The fraction of sp³-hybridized carbons (Fsp3) is 0.192. The molecule has 4 aromatic rings. The van der Waals surface area contributed by atoms with Crippen molar-refractivity contribution in [2.24, 2.45) is 7.05 Å². The molecule has 9 heteroatoms. The van der Waals surface area contributed by atoms with E-state index in [1.165, 1.54) is 10.5 Å². The Morgan fingerprint density at radius 1 is 1.00 bits per heavy atom. The average Bonchev–Trinajstić information content (AvgIpc) is 3.40. The number of carbonyl (C=O) groups excluding carboxylic acids is 2. The van der Waals surface area contributed by atoms with Crippen LogP contribution in [0.5, 0.6) is 17.2 Å². The van der Waals surface area contributed by atoms with Gasteiger partial charge in [-0.05, 0) is 61.7 Å². The summed E-state index contributed by atoms with van der Waals surface area (Å²) >= 11 is 2.72. The lowest BCUT2D eigenvalue weighted by Gasteiger charge is -2.08. The number of nitrogens with one attached hydrogen (secondary N) is 1. The van der Waals surface area contributed by atoms with Crippen molar-refractivity contribution < 1.29 is 19.1 Å². The minimum Gasteiger partial charge on any atom is -0.486 e. The second kappa shape index (κ2) is 11.3. The van der Waals surface area contributed by atoms with Crippen LogP contribution in [0.1, 0.15) is 11.4 Å². The van der Waals surface area contributed by atoms with Gasteiger partial charge in [-0.2, -0.15) is 0 Å². The first kappa shape index (κ1) is 24.7. The summed E-state index contributed by atoms with van der Waals surface area (Å²) in [6, 6.07) is 22.1. The summed E-state index contributed by atoms with van der Waals surface area (Å²) < 4.78 is 13.9. The zero-order valence-electron chi connectivity index (χ0n) is 19.6. The highest BCUT2D eigenvalue weighted by Crippen LogP contribution is 2.27. The van der Waals surface area contributed by atoms with Crippen molar-refractivity contribution in [1.29, 1.82) is 0 Å². The molecule has 0 bridgehead atoms. The van der Waals surface area contributed by atoms with E-state index in [0.29, 0.717) is 12.4 Å². The van der Waals surface area contributed by atoms with Gasteiger partial charge in [-0.1, -0.05) is 29.5 Å². The number of amides is 2. The van der Waals surface area contributed by atoms with Crippen LogP contribution in [-0.4, -0.2) is 32.7 Å². The Balaban J connectivity index is 0.000000356. The molecule has 1 aromatic heterocycles. The number of fused-ring (bicyclic) bond motifs is 1. The Morgan fingerprint density at radius 3 is 2.29 bits per heavy atom. The Morgan fingerprint density at radius 2 is 1.69 bits per heavy atom. The Bertz CT molecular complexity index is 1320. The summed E-state index contributed by atoms with van der Waals surface area (Å²) in [6.45, 7) is 2.48. The maximum Gasteiger partial charge on any atom is 0.286 e. The third kappa shape index (κ3) is 6.58. The second-order valence-corrected chi connectivity index (χ2v) is 9.57. The smallest absolute Gasteiger partial charge is 0.286 e. The van der Waals surface area contributed by atoms with E-state index in [-0.39, 0.29) is 11.1 Å². The summed E-state index contributed by atoms with van der Waals surface area (Å²) in [4.78, 5) is 26.1. The monoisotopic (exact) mass is 507 g/mol. The fourth-order valence-corrected chi connectivity index (χ4v) is 4.22. The molecule has 5 rings (SSSR count). The SMILES string of the molecule is CSc1ccc(Oc2ccc3nc(COc4ccc(C)cc4)n(C)c3c2)cc1.O=C1CSC(=O)N1. The lowest BCUT2D eigenvalue weighted by atomic mass is 10.2. The van der Waals surface area contributed by atoms with Crippen molar-refractivity contribution in [3.63, 3.8) is 0 Å². The van der Waals surface area contributed by atoms with E-state index < -0.39 is 0 Å². The molecule has 0 radical (unpaired) electrons. The van der Waals surface area contributed by atoms with E-state index in [1.807, 2.05) is 66.2 Å². The van der Waals surface area contributed by atoms with E-state index in [1.54, 1.807) is 11.8 Å². The number of ether oxygens (including phenoxy) is 2. The number of aryl methyl sites for hydroxylation is 2. The zero-order chi connectivity index (χ0) is 24.8. The van der Waals surface area contributed by atoms with Crippen molar-refractivity contribution in [2.45, 2.75) is 18.4 Å². The highest BCUT2D eigenvalue weighted by Gasteiger charge is 2.16. The van der Waals surface area contributed by atoms with Gasteiger partial charge in [0.05, 0.1) is 16.8 Å². The van der Waals surface area contributed by atoms with Gasteiger partial charge in [0.1, 0.15) is 29.7 Å². The molecule has 2 amide bonds. The molecule has 0 unspecified atom stereocenters. The molecule has 1 aliphatic heterocycles. The van der Waals surface area contributed by atoms with E-state index in [0.717, 1.165) is 45.9 Å². The third-order valence-corrected chi connectivity index (χ3v) is 6.72. The molecule has 35 heavy (non-hydrogen) atoms. The number of aromatic nitrogens is 2. The molecule has 1 aliphatic rings. The minimum atomic E-state index is -0.231. The summed E-state index contributed by atoms with van der Waals surface area (Å²) in [5, 5.41) is 1.87. The Hall–Kier alpha value is -3.43. The third-order valence-electron chi connectivity index (χ3n) is 5.20. The van der Waals surface area contributed by atoms with Gasteiger partial charge in [-0.25, -0.2) is 4.98 Å². The molecule has 0 aliphatic carbocycles. The van der Waals surface area contributed by atoms with Gasteiger partial charge >= 0.3 is 0 Å². The molecule has 1 N–H and O–H groups in total. The first-order valence-corrected chi connectivity index (χ1v) is 13.1. The predicted octanol–water partition coefficient (Wildman–Crippen LogP) is 5.94. The van der Waals surface area contributed by atoms with Crippen molar-refractivity contribution in [3.8, 4) is 17.2 Å². The fourth-order valence-electron chi connectivity index (χ4n) is 3.29. The molecule has 0 spiro atoms. The first-order valence-electron chi connectivity index (χ1n) is 10.8. The van der Waals surface area contributed by atoms with Crippen molar-refractivity contribution in [3.05, 3.63) is 78.1 Å². The van der Waals surface area contributed by atoms with E-state index in [9.17, 15) is 9.59 Å². The van der Waals surface area contributed by atoms with Crippen LogP contribution in [-0.2, 0) is 18.4 Å². The number of imide groups is 1. The number of nitrogens with zero attached hydrogens (tertiary/aromatic N) is 2. The van der Waals surface area contributed by atoms with Gasteiger partial charge in [0, 0.05) is 18.0 Å². The van der Waals surface area contributed by atoms with E-state index >= 15 is 0 Å². The van der Waals surface area contributed by atoms with Crippen LogP contribution in [0.25, 0.3) is 11.0 Å². The van der Waals surface area contributed by atoms with Crippen LogP contribution in [0.4, 0.5) is 4.79 Å². The molecular weight excluding hydrogens is 482 g/mol. The number of thioether (sulfide) groups is 2. The van der Waals surface area contributed by atoms with Crippen molar-refractivity contribution in [2.75, 3.05) is 12.0 Å². The molecule has 2 heterocycles. The predicted molar refractivity (Wildman–Crippen MR) is 141 cm³/mol. The maximum absolute atomic E-state index is 10.1. The minimum absolute atomic E-state index is 0.185. The number of hydrogen-bond acceptors (Lipinski definition) is 7. The van der Waals surface area contributed by atoms with Gasteiger partial charge < -0.3 is 14.0 Å². The topological polar surface area (TPSA) is 82.5 Å². The largest absolute Gasteiger partial charge is 0.486 e. The average molecular weight is 508 g/mol. The molecule has 0 saturated carbocycles. The number of rotatable bonds is 6. The summed E-state index contributed by atoms with van der Waals surface area (Å²) in [6.07, 6.45) is 2.06. The lowest BCUT2D eigenvalue weighted by Crippen LogP contribution is -2.18. The molecule has 1 fully saturated rings. The number of benzene rings is 3. The van der Waals surface area contributed by atoms with E-state index in [2.05, 4.69) is 30.6 Å². The highest BCUT2D eigenvalue weighted by atomic mass is 32.2. The summed E-state index contributed by atoms with van der Waals surface area (Å²) in [5.74, 6) is 3.43. The Labute approximate surface area is 212 Å². The molecular formula is C26H25N3O4S2. The quantitative estimate of drug-likeness (QED) is 0.323. The van der Waals surface area contributed by atoms with Crippen LogP contribution in [0.3, 0.4) is 0 Å². The van der Waals surface area contributed by atoms with Crippen molar-refractivity contribution in [1.82, 2.24) is 14.9 Å². The summed E-state index contributed by atoms with van der Waals surface area (Å²) in [7, 11) is 2.00. The van der Waals surface area contributed by atoms with Gasteiger partial charge in [0.15, 0.2) is 0 Å². The molecule has 7 nitrogen and oxygen atoms in total. The van der Waals surface area contributed by atoms with E-state index in [4.69, 9.17) is 14.5 Å². The second-order valence-electron chi connectivity index (χ2n) is 7.74. The number of hydrogen-bond donors (Lipinski definition) is 1. The standard InChI is InChI=1S/C23H22N2O2S.C3H3NO2S/c1-16-4-6-17(7-5-16)26-15-23-24-21-13-10-19(14-22(21)25(23)2)27-18-8-11-20(28-3)12-9-18;5-2-1-7-3(6)4-2/h4-14H,15H2,1-3H3;1H2,(H,4,5,6). The number of carbonyl (C=O) groups is 2. The highest BCUT2D eigenvalue weighted by molar-refractivity contribution is 8.14. The van der Waals surface area contributed by atoms with Crippen LogP contribution < -0.4 is 14.8 Å². The number of imidazole rings is 1. The summed E-state index contributed by atoms with van der Waals surface area (Å²) in [5.41, 5.74) is 3.15. The normalized spacial score (nSPS) is 12.8. The molecule has 1 saturated heterocycles. The maximum atomic E-state index is 10.1. The van der Waals surface area contributed by atoms with Crippen molar-refractivity contribution >= 4 is 45.7 Å². The lowest BCUT2D eigenvalue weighted by molar-refractivity contribution is -0.117. The Kier molecular flexibility index (Phi) is 7.99. The van der Waals surface area contributed by atoms with Gasteiger partial charge in [-0.3, -0.25) is 14.9 Å². The van der Waals surface area contributed by atoms with Crippen LogP contribution >= 0.6 is 23.5 Å². The van der Waals surface area contributed by atoms with Crippen LogP contribution in [0, 0.1) is 6.92 Å². The zero-order valence-corrected chi connectivity index (χ0v) is 21.2. The molecule has 180 valence electrons. The van der Waals surface area contributed by atoms with Gasteiger partial charge in [-0.15, -0.1) is 11.8 Å². The van der Waals surface area contributed by atoms with Crippen LogP contribution in [0.15, 0.2) is 71.6 Å². The molecule has 3 aromatic carbocycles. The first-order chi connectivity index (χ1) is 16.9. The van der Waals surface area contributed by atoms with Gasteiger partial charge in [0.25, 0.3) is 5.24 Å².